The number of rotatable bonds is 2. The minimum atomic E-state index is 0.489. The predicted octanol–water partition coefficient (Wildman–Crippen LogP) is 11.8. The smallest absolute Gasteiger partial charge is 0.212 e. The van der Waals surface area contributed by atoms with Gasteiger partial charge < -0.3 is 9.13 Å². The summed E-state index contributed by atoms with van der Waals surface area (Å²) in [5, 5.41) is 20.0. The Morgan fingerprint density at radius 1 is 0.532 bits per heavy atom. The molecule has 4 nitrogen and oxygen atoms in total. The van der Waals surface area contributed by atoms with Gasteiger partial charge in [0.05, 0.1) is 45.6 Å². The highest BCUT2D eigenvalue weighted by molar-refractivity contribution is 7.25. The number of aromatic nitrogens is 2. The molecule has 0 atom stereocenters. The zero-order chi connectivity index (χ0) is 31.2. The highest BCUT2D eigenvalue weighted by Gasteiger charge is 2.22. The molecule has 47 heavy (non-hydrogen) atoms. The van der Waals surface area contributed by atoms with E-state index in [4.69, 9.17) is 6.57 Å². The summed E-state index contributed by atoms with van der Waals surface area (Å²) >= 11 is 1.80. The first-order valence-electron chi connectivity index (χ1n) is 15.5. The van der Waals surface area contributed by atoms with E-state index in [0.717, 1.165) is 43.6 Å². The minimum Gasteiger partial charge on any atom is -0.319 e. The van der Waals surface area contributed by atoms with Crippen LogP contribution in [0.5, 0.6) is 0 Å². The molecule has 5 heteroatoms. The van der Waals surface area contributed by atoms with Crippen LogP contribution in [0.4, 0.5) is 5.69 Å². The van der Waals surface area contributed by atoms with Gasteiger partial charge in [-0.1, -0.05) is 84.9 Å². The van der Waals surface area contributed by atoms with Gasteiger partial charge in [-0.2, -0.15) is 5.26 Å². The Bertz CT molecular complexity index is 3050. The van der Waals surface area contributed by atoms with E-state index in [1.54, 1.807) is 11.3 Å². The molecule has 0 amide bonds. The van der Waals surface area contributed by atoms with Gasteiger partial charge in [0.25, 0.3) is 0 Å². The second kappa shape index (κ2) is 9.55. The average molecular weight is 615 g/mol. The summed E-state index contributed by atoms with van der Waals surface area (Å²) in [5.41, 5.74) is 6.45. The van der Waals surface area contributed by atoms with E-state index in [2.05, 4.69) is 129 Å². The molecule has 0 saturated heterocycles. The first kappa shape index (κ1) is 25.9. The summed E-state index contributed by atoms with van der Waals surface area (Å²) in [7, 11) is 0. The Labute approximate surface area is 273 Å². The van der Waals surface area contributed by atoms with Crippen molar-refractivity contribution in [1.82, 2.24) is 9.13 Å². The molecule has 3 heterocycles. The number of hydrogen-bond donors (Lipinski definition) is 0. The number of hydrogen-bond acceptors (Lipinski definition) is 2. The topological polar surface area (TPSA) is 38.0 Å². The lowest BCUT2D eigenvalue weighted by molar-refractivity contribution is 1.14. The van der Waals surface area contributed by atoms with E-state index in [9.17, 15) is 5.26 Å². The number of nitriles is 1. The second-order valence-electron chi connectivity index (χ2n) is 11.9. The molecule has 0 radical (unpaired) electrons. The fourth-order valence-electron chi connectivity index (χ4n) is 7.55. The molecule has 0 saturated carbocycles. The van der Waals surface area contributed by atoms with Crippen molar-refractivity contribution in [1.29, 1.82) is 5.26 Å². The van der Waals surface area contributed by atoms with Crippen LogP contribution in [0.3, 0.4) is 0 Å². The summed E-state index contributed by atoms with van der Waals surface area (Å²) in [6.45, 7) is 8.41. The van der Waals surface area contributed by atoms with Crippen molar-refractivity contribution in [3.63, 3.8) is 0 Å². The first-order valence-corrected chi connectivity index (χ1v) is 16.3. The molecular formula is C42H22N4S. The van der Waals surface area contributed by atoms with Crippen LogP contribution in [0.2, 0.25) is 0 Å². The summed E-state index contributed by atoms with van der Waals surface area (Å²) in [6, 6.07) is 48.7. The van der Waals surface area contributed by atoms with Gasteiger partial charge in [-0.25, -0.2) is 4.85 Å². The van der Waals surface area contributed by atoms with E-state index < -0.39 is 0 Å². The molecule has 10 rings (SSSR count). The van der Waals surface area contributed by atoms with Crippen LogP contribution in [0.25, 0.3) is 90.8 Å². The van der Waals surface area contributed by atoms with Crippen molar-refractivity contribution < 1.29 is 0 Å². The molecule has 0 unspecified atom stereocenters. The fraction of sp³-hybridized carbons (Fsp3) is 0. The SMILES string of the molecule is [C-]#[N+]c1cc(-n2c3ccccc3c3cc4sc5ccccc5c4cc32)c(C#N)cc1-n1c2ccccc2c2c3ccccc3ccc21. The maximum absolute atomic E-state index is 10.7. The van der Waals surface area contributed by atoms with Gasteiger partial charge in [0, 0.05) is 41.7 Å². The Morgan fingerprint density at radius 3 is 2.02 bits per heavy atom. The van der Waals surface area contributed by atoms with Gasteiger partial charge in [0.2, 0.25) is 5.69 Å². The van der Waals surface area contributed by atoms with Crippen molar-refractivity contribution in [2.45, 2.75) is 0 Å². The van der Waals surface area contributed by atoms with Crippen molar-refractivity contribution in [3.8, 4) is 17.4 Å². The van der Waals surface area contributed by atoms with Crippen LogP contribution in [0.1, 0.15) is 5.56 Å². The minimum absolute atomic E-state index is 0.489. The maximum atomic E-state index is 10.7. The highest BCUT2D eigenvalue weighted by atomic mass is 32.1. The average Bonchev–Trinajstić information content (AvgIpc) is 3.77. The third-order valence-electron chi connectivity index (χ3n) is 9.55. The van der Waals surface area contributed by atoms with Gasteiger partial charge in [-0.15, -0.1) is 11.3 Å². The molecule has 0 spiro atoms. The maximum Gasteiger partial charge on any atom is 0.212 e. The molecule has 0 bridgehead atoms. The second-order valence-corrected chi connectivity index (χ2v) is 13.0. The molecule has 0 aliphatic heterocycles. The van der Waals surface area contributed by atoms with Crippen molar-refractivity contribution in [3.05, 3.63) is 150 Å². The van der Waals surface area contributed by atoms with Gasteiger partial charge >= 0.3 is 0 Å². The zero-order valence-electron chi connectivity index (χ0n) is 24.9. The standard InChI is InChI=1S/C42H22N4S/c1-44-33-23-37(46-34-15-7-4-12-28(34)31-22-41-32(21-38(31)46)29-13-6-9-17-40(29)47-41)26(24-43)20-39(33)45-35-16-8-5-14-30(35)42-27-11-3-2-10-25(27)18-19-36(42)45/h2-23H. The molecule has 0 aliphatic rings. The molecule has 3 aromatic heterocycles. The summed E-state index contributed by atoms with van der Waals surface area (Å²) in [4.78, 5) is 4.10. The van der Waals surface area contributed by atoms with E-state index in [1.165, 1.54) is 30.9 Å². The lowest BCUT2D eigenvalue weighted by Gasteiger charge is -2.16. The van der Waals surface area contributed by atoms with Crippen molar-refractivity contribution in [2.75, 3.05) is 0 Å². The van der Waals surface area contributed by atoms with Crippen LogP contribution in [-0.4, -0.2) is 9.13 Å². The van der Waals surface area contributed by atoms with Crippen LogP contribution in [0, 0.1) is 17.9 Å². The van der Waals surface area contributed by atoms with Crippen molar-refractivity contribution in [2.24, 2.45) is 0 Å². The lowest BCUT2D eigenvalue weighted by Crippen LogP contribution is -2.01. The third-order valence-corrected chi connectivity index (χ3v) is 10.7. The Kier molecular flexibility index (Phi) is 5.26. The van der Waals surface area contributed by atoms with Gasteiger partial charge in [0.1, 0.15) is 6.07 Å². The van der Waals surface area contributed by atoms with Crippen molar-refractivity contribution >= 4 is 91.6 Å². The van der Waals surface area contributed by atoms with Crippen LogP contribution < -0.4 is 0 Å². The lowest BCUT2D eigenvalue weighted by atomic mass is 10.0. The summed E-state index contributed by atoms with van der Waals surface area (Å²) in [6.07, 6.45) is 0. The third kappa shape index (κ3) is 3.49. The Hall–Kier alpha value is -6.40. The molecule has 10 aromatic rings. The quantitative estimate of drug-likeness (QED) is 0.179. The molecule has 0 fully saturated rings. The summed E-state index contributed by atoms with van der Waals surface area (Å²) < 4.78 is 6.81. The fourth-order valence-corrected chi connectivity index (χ4v) is 8.68. The Morgan fingerprint density at radius 2 is 1.21 bits per heavy atom. The van der Waals surface area contributed by atoms with Gasteiger partial charge in [-0.3, -0.25) is 0 Å². The summed E-state index contributed by atoms with van der Waals surface area (Å²) in [5.74, 6) is 0. The van der Waals surface area contributed by atoms with E-state index in [1.807, 2.05) is 24.3 Å². The van der Waals surface area contributed by atoms with E-state index >= 15 is 0 Å². The normalized spacial score (nSPS) is 11.8. The number of nitrogens with zero attached hydrogens (tertiary/aromatic N) is 4. The zero-order valence-corrected chi connectivity index (χ0v) is 25.7. The molecule has 7 aromatic carbocycles. The molecule has 216 valence electrons. The molecule has 0 N–H and O–H groups in total. The van der Waals surface area contributed by atoms with Crippen LogP contribution in [-0.2, 0) is 0 Å². The first-order chi connectivity index (χ1) is 23.2. The van der Waals surface area contributed by atoms with Gasteiger partial charge in [-0.05, 0) is 59.3 Å². The Balaban J connectivity index is 1.31. The monoisotopic (exact) mass is 614 g/mol. The number of thiophene rings is 1. The molecule has 0 aliphatic carbocycles. The number of fused-ring (bicyclic) bond motifs is 11. The van der Waals surface area contributed by atoms with E-state index in [-0.39, 0.29) is 0 Å². The largest absolute Gasteiger partial charge is 0.319 e. The molecular weight excluding hydrogens is 593 g/mol. The van der Waals surface area contributed by atoms with Crippen LogP contribution in [0.15, 0.2) is 133 Å². The van der Waals surface area contributed by atoms with Gasteiger partial charge in [0.15, 0.2) is 0 Å². The van der Waals surface area contributed by atoms with Crippen LogP contribution >= 0.6 is 11.3 Å². The number of benzene rings is 7. The van der Waals surface area contributed by atoms with E-state index in [0.29, 0.717) is 22.6 Å². The predicted molar refractivity (Wildman–Crippen MR) is 196 cm³/mol. The highest BCUT2D eigenvalue weighted by Crippen LogP contribution is 2.44. The number of para-hydroxylation sites is 2.